The van der Waals surface area contributed by atoms with Crippen molar-refractivity contribution in [3.63, 3.8) is 0 Å². The fraction of sp³-hybridized carbons (Fsp3) is 0.200. The molecule has 2 heterocycles. The van der Waals surface area contributed by atoms with E-state index < -0.39 is 5.60 Å². The average Bonchev–Trinajstić information content (AvgIpc) is 3.29. The Morgan fingerprint density at radius 1 is 1.14 bits per heavy atom. The summed E-state index contributed by atoms with van der Waals surface area (Å²) in [5.41, 5.74) is 1.03. The number of nitrogens with zero attached hydrogens (tertiary/aromatic N) is 4. The Hall–Kier alpha value is -3.26. The summed E-state index contributed by atoms with van der Waals surface area (Å²) in [4.78, 5) is 13.3. The Labute approximate surface area is 166 Å². The van der Waals surface area contributed by atoms with Crippen molar-refractivity contribution >= 4 is 22.2 Å². The van der Waals surface area contributed by atoms with Gasteiger partial charge in [0.05, 0.1) is 0 Å². The number of para-hydroxylation sites is 1. The number of hydrogen-bond donors (Lipinski definition) is 1. The van der Waals surface area contributed by atoms with Crippen molar-refractivity contribution in [2.45, 2.75) is 26.0 Å². The van der Waals surface area contributed by atoms with Crippen LogP contribution in [0, 0.1) is 0 Å². The zero-order chi connectivity index (χ0) is 19.6. The first-order valence-electron chi connectivity index (χ1n) is 8.80. The third-order valence-electron chi connectivity index (χ3n) is 4.20. The molecule has 2 aromatic carbocycles. The van der Waals surface area contributed by atoms with Gasteiger partial charge in [-0.2, -0.15) is 9.61 Å². The van der Waals surface area contributed by atoms with Crippen LogP contribution in [0.5, 0.6) is 5.75 Å². The first kappa shape index (κ1) is 18.1. The lowest BCUT2D eigenvalue weighted by Crippen LogP contribution is -2.46. The molecular weight excluding hydrogens is 374 g/mol. The molecule has 2 aromatic heterocycles. The third kappa shape index (κ3) is 3.86. The third-order valence-corrected chi connectivity index (χ3v) is 5.17. The summed E-state index contributed by atoms with van der Waals surface area (Å²) < 4.78 is 7.47. The summed E-state index contributed by atoms with van der Waals surface area (Å²) in [6.07, 6.45) is 1.58. The number of fused-ring (bicyclic) bond motifs is 1. The summed E-state index contributed by atoms with van der Waals surface area (Å²) >= 11 is 1.48. The molecular formula is C20H19N5O2S. The van der Waals surface area contributed by atoms with Gasteiger partial charge in [-0.1, -0.05) is 53.8 Å². The lowest BCUT2D eigenvalue weighted by atomic mass is 10.1. The minimum Gasteiger partial charge on any atom is -0.478 e. The van der Waals surface area contributed by atoms with E-state index in [1.54, 1.807) is 24.7 Å². The van der Waals surface area contributed by atoms with Gasteiger partial charge in [-0.05, 0) is 31.5 Å². The first-order valence-corrected chi connectivity index (χ1v) is 9.61. The van der Waals surface area contributed by atoms with Gasteiger partial charge in [0, 0.05) is 12.1 Å². The molecule has 1 amide bonds. The molecule has 0 spiro atoms. The zero-order valence-corrected chi connectivity index (χ0v) is 16.3. The molecule has 0 saturated heterocycles. The van der Waals surface area contributed by atoms with Gasteiger partial charge in [-0.25, -0.2) is 0 Å². The average molecular weight is 393 g/mol. The highest BCUT2D eigenvalue weighted by Crippen LogP contribution is 2.25. The summed E-state index contributed by atoms with van der Waals surface area (Å²) in [6.45, 7) is 3.93. The van der Waals surface area contributed by atoms with Crippen LogP contribution in [0.15, 0.2) is 60.9 Å². The monoisotopic (exact) mass is 393 g/mol. The number of carbonyl (C=O) groups excluding carboxylic acids is 1. The smallest absolute Gasteiger partial charge is 0.263 e. The Kier molecular flexibility index (Phi) is 4.79. The van der Waals surface area contributed by atoms with Crippen LogP contribution in [0.1, 0.15) is 19.4 Å². The van der Waals surface area contributed by atoms with Crippen LogP contribution in [0.3, 0.4) is 0 Å². The molecule has 0 aliphatic heterocycles. The van der Waals surface area contributed by atoms with Gasteiger partial charge in [0.1, 0.15) is 17.1 Å². The van der Waals surface area contributed by atoms with Crippen molar-refractivity contribution in [3.8, 4) is 16.3 Å². The predicted octanol–water partition coefficient (Wildman–Crippen LogP) is 3.33. The highest BCUT2D eigenvalue weighted by atomic mass is 32.1. The fourth-order valence-electron chi connectivity index (χ4n) is 2.67. The fourth-order valence-corrected chi connectivity index (χ4v) is 3.49. The Morgan fingerprint density at radius 2 is 1.89 bits per heavy atom. The lowest BCUT2D eigenvalue weighted by molar-refractivity contribution is -0.134. The van der Waals surface area contributed by atoms with E-state index in [2.05, 4.69) is 20.6 Å². The molecule has 28 heavy (non-hydrogen) atoms. The summed E-state index contributed by atoms with van der Waals surface area (Å²) in [7, 11) is 0. The molecule has 0 aliphatic carbocycles. The van der Waals surface area contributed by atoms with Gasteiger partial charge in [-0.3, -0.25) is 4.79 Å². The van der Waals surface area contributed by atoms with Gasteiger partial charge in [0.15, 0.2) is 5.60 Å². The number of rotatable bonds is 6. The number of benzene rings is 2. The summed E-state index contributed by atoms with van der Waals surface area (Å²) in [6, 6.07) is 17.2. The number of ether oxygens (including phenoxy) is 1. The molecule has 0 aliphatic rings. The van der Waals surface area contributed by atoms with Crippen LogP contribution in [0.2, 0.25) is 0 Å². The lowest BCUT2D eigenvalue weighted by Gasteiger charge is -2.25. The van der Waals surface area contributed by atoms with E-state index in [1.165, 1.54) is 11.3 Å². The van der Waals surface area contributed by atoms with Crippen LogP contribution in [0.25, 0.3) is 15.5 Å². The van der Waals surface area contributed by atoms with Crippen molar-refractivity contribution in [2.75, 3.05) is 0 Å². The Bertz CT molecular complexity index is 1060. The van der Waals surface area contributed by atoms with E-state index in [9.17, 15) is 4.79 Å². The summed E-state index contributed by atoms with van der Waals surface area (Å²) in [5.74, 6) is 0.492. The van der Waals surface area contributed by atoms with E-state index in [4.69, 9.17) is 4.74 Å². The molecule has 4 rings (SSSR count). The molecule has 0 unspecified atom stereocenters. The van der Waals surface area contributed by atoms with Crippen LogP contribution in [0.4, 0.5) is 0 Å². The summed E-state index contributed by atoms with van der Waals surface area (Å²) in [5, 5.41) is 16.1. The van der Waals surface area contributed by atoms with E-state index in [0.717, 1.165) is 21.1 Å². The SMILES string of the molecule is CC(C)(Oc1ccccc1)C(=O)NCc1ccc(-c2nn3cnnc3s2)cc1. The van der Waals surface area contributed by atoms with Crippen LogP contribution < -0.4 is 10.1 Å². The van der Waals surface area contributed by atoms with Crippen molar-refractivity contribution < 1.29 is 9.53 Å². The van der Waals surface area contributed by atoms with Gasteiger partial charge in [0.25, 0.3) is 5.91 Å². The van der Waals surface area contributed by atoms with E-state index in [1.807, 2.05) is 54.6 Å². The molecule has 0 radical (unpaired) electrons. The van der Waals surface area contributed by atoms with E-state index in [0.29, 0.717) is 12.3 Å². The highest BCUT2D eigenvalue weighted by molar-refractivity contribution is 7.19. The Morgan fingerprint density at radius 3 is 2.61 bits per heavy atom. The number of nitrogens with one attached hydrogen (secondary N) is 1. The molecule has 0 atom stereocenters. The minimum atomic E-state index is -0.967. The maximum Gasteiger partial charge on any atom is 0.263 e. The van der Waals surface area contributed by atoms with Gasteiger partial charge >= 0.3 is 0 Å². The highest BCUT2D eigenvalue weighted by Gasteiger charge is 2.29. The molecule has 7 nitrogen and oxygen atoms in total. The van der Waals surface area contributed by atoms with Gasteiger partial charge in [0.2, 0.25) is 4.96 Å². The van der Waals surface area contributed by atoms with Crippen molar-refractivity contribution in [1.29, 1.82) is 0 Å². The predicted molar refractivity (Wildman–Crippen MR) is 107 cm³/mol. The Balaban J connectivity index is 1.37. The van der Waals surface area contributed by atoms with Crippen molar-refractivity contribution in [2.24, 2.45) is 0 Å². The second kappa shape index (κ2) is 7.40. The largest absolute Gasteiger partial charge is 0.478 e. The van der Waals surface area contributed by atoms with Gasteiger partial charge < -0.3 is 10.1 Å². The van der Waals surface area contributed by atoms with Crippen molar-refractivity contribution in [3.05, 3.63) is 66.5 Å². The topological polar surface area (TPSA) is 81.4 Å². The maximum absolute atomic E-state index is 12.5. The van der Waals surface area contributed by atoms with Gasteiger partial charge in [-0.15, -0.1) is 10.2 Å². The zero-order valence-electron chi connectivity index (χ0n) is 15.5. The molecule has 142 valence electrons. The maximum atomic E-state index is 12.5. The number of aromatic nitrogens is 4. The first-order chi connectivity index (χ1) is 13.5. The standard InChI is InChI=1S/C20H19N5O2S/c1-20(2,27-16-6-4-3-5-7-16)18(26)21-12-14-8-10-15(11-9-14)17-24-25-13-22-23-19(25)28-17/h3-11,13H,12H2,1-2H3,(H,21,26). The quantitative estimate of drug-likeness (QED) is 0.543. The number of carbonyl (C=O) groups is 1. The van der Waals surface area contributed by atoms with E-state index >= 15 is 0 Å². The number of hydrogen-bond acceptors (Lipinski definition) is 6. The molecule has 1 N–H and O–H groups in total. The second-order valence-corrected chi connectivity index (χ2v) is 7.73. The van der Waals surface area contributed by atoms with Crippen LogP contribution in [-0.4, -0.2) is 31.3 Å². The second-order valence-electron chi connectivity index (χ2n) is 6.77. The minimum absolute atomic E-state index is 0.172. The molecule has 0 saturated carbocycles. The van der Waals surface area contributed by atoms with Crippen LogP contribution in [-0.2, 0) is 11.3 Å². The number of amides is 1. The molecule has 8 heteroatoms. The van der Waals surface area contributed by atoms with Crippen LogP contribution >= 0.6 is 11.3 Å². The molecule has 0 bridgehead atoms. The molecule has 4 aromatic rings. The van der Waals surface area contributed by atoms with Crippen molar-refractivity contribution in [1.82, 2.24) is 25.1 Å². The van der Waals surface area contributed by atoms with E-state index in [-0.39, 0.29) is 5.91 Å². The molecule has 0 fully saturated rings. The normalized spacial score (nSPS) is 11.5.